The predicted octanol–water partition coefficient (Wildman–Crippen LogP) is 3.05. The topological polar surface area (TPSA) is 26.3 Å². The van der Waals surface area contributed by atoms with Crippen molar-refractivity contribution in [3.8, 4) is 5.75 Å². The number of hydrogen-bond acceptors (Lipinski definition) is 2. The molecule has 0 saturated carbocycles. The summed E-state index contributed by atoms with van der Waals surface area (Å²) in [5.41, 5.74) is 2.53. The van der Waals surface area contributed by atoms with E-state index in [1.807, 2.05) is 12.1 Å². The molecular weight excluding hydrogens is 188 g/mol. The number of fused-ring (bicyclic) bond motifs is 1. The highest BCUT2D eigenvalue weighted by Crippen LogP contribution is 2.35. The van der Waals surface area contributed by atoms with Crippen molar-refractivity contribution in [3.05, 3.63) is 29.3 Å². The number of benzene rings is 1. The Morgan fingerprint density at radius 3 is 3.00 bits per heavy atom. The second-order valence-corrected chi connectivity index (χ2v) is 4.10. The third kappa shape index (κ3) is 1.89. The minimum absolute atomic E-state index is 0.103. The van der Waals surface area contributed by atoms with Gasteiger partial charge in [0.05, 0.1) is 0 Å². The average Bonchev–Trinajstić information content (AvgIpc) is 2.38. The first-order chi connectivity index (χ1) is 7.22. The van der Waals surface area contributed by atoms with E-state index in [4.69, 9.17) is 4.74 Å². The van der Waals surface area contributed by atoms with E-state index in [1.54, 1.807) is 0 Å². The average molecular weight is 204 g/mol. The molecule has 0 radical (unpaired) electrons. The van der Waals surface area contributed by atoms with Gasteiger partial charge in [0.25, 0.3) is 0 Å². The molecule has 0 aromatic heterocycles. The van der Waals surface area contributed by atoms with Gasteiger partial charge in [-0.25, -0.2) is 0 Å². The number of ether oxygens (including phenoxy) is 1. The van der Waals surface area contributed by atoms with Crippen LogP contribution in [0.25, 0.3) is 0 Å². The lowest BCUT2D eigenvalue weighted by Gasteiger charge is -2.15. The Balaban J connectivity index is 2.51. The van der Waals surface area contributed by atoms with Gasteiger partial charge in [-0.2, -0.15) is 0 Å². The third-order valence-electron chi connectivity index (χ3n) is 3.04. The zero-order valence-corrected chi connectivity index (χ0v) is 9.25. The van der Waals surface area contributed by atoms with E-state index in [2.05, 4.69) is 19.9 Å². The first-order valence-electron chi connectivity index (χ1n) is 5.54. The molecule has 1 heterocycles. The summed E-state index contributed by atoms with van der Waals surface area (Å²) >= 11 is 0. The Bertz CT molecular complexity index is 382. The van der Waals surface area contributed by atoms with Crippen LogP contribution in [0.15, 0.2) is 18.2 Å². The Morgan fingerprint density at radius 2 is 2.27 bits per heavy atom. The highest BCUT2D eigenvalue weighted by atomic mass is 16.5. The van der Waals surface area contributed by atoms with E-state index < -0.39 is 0 Å². The molecule has 0 bridgehead atoms. The van der Waals surface area contributed by atoms with Crippen molar-refractivity contribution in [3.63, 3.8) is 0 Å². The van der Waals surface area contributed by atoms with E-state index in [0.29, 0.717) is 12.3 Å². The summed E-state index contributed by atoms with van der Waals surface area (Å²) in [5, 5.41) is 0. The molecule has 2 nitrogen and oxygen atoms in total. The number of aryl methyl sites for hydroxylation is 1. The lowest BCUT2D eigenvalue weighted by Crippen LogP contribution is -2.05. The van der Waals surface area contributed by atoms with Gasteiger partial charge in [-0.15, -0.1) is 0 Å². The fourth-order valence-electron chi connectivity index (χ4n) is 2.20. The van der Waals surface area contributed by atoms with Crippen LogP contribution >= 0.6 is 0 Å². The Hall–Kier alpha value is -1.31. The van der Waals surface area contributed by atoms with Crippen molar-refractivity contribution in [2.75, 3.05) is 0 Å². The van der Waals surface area contributed by atoms with Gasteiger partial charge < -0.3 is 4.74 Å². The number of esters is 1. The third-order valence-corrected chi connectivity index (χ3v) is 3.04. The summed E-state index contributed by atoms with van der Waals surface area (Å²) in [6, 6.07) is 5.98. The van der Waals surface area contributed by atoms with Crippen LogP contribution in [0, 0.1) is 0 Å². The molecule has 0 N–H and O–H groups in total. The summed E-state index contributed by atoms with van der Waals surface area (Å²) in [6.45, 7) is 4.30. The van der Waals surface area contributed by atoms with Gasteiger partial charge in [0.1, 0.15) is 5.75 Å². The number of carbonyl (C=O) groups excluding carboxylic acids is 1. The molecule has 80 valence electrons. The molecule has 1 aliphatic rings. The van der Waals surface area contributed by atoms with Crippen LogP contribution in [-0.4, -0.2) is 5.97 Å². The van der Waals surface area contributed by atoms with Crippen LogP contribution in [0.1, 0.15) is 43.7 Å². The molecule has 15 heavy (non-hydrogen) atoms. The molecule has 1 aromatic rings. The summed E-state index contributed by atoms with van der Waals surface area (Å²) in [4.78, 5) is 11.4. The normalized spacial score (nSPS) is 20.4. The molecule has 1 atom stereocenters. The van der Waals surface area contributed by atoms with E-state index in [-0.39, 0.29) is 5.97 Å². The maximum Gasteiger partial charge on any atom is 0.311 e. The smallest absolute Gasteiger partial charge is 0.311 e. The van der Waals surface area contributed by atoms with Crippen molar-refractivity contribution in [1.82, 2.24) is 0 Å². The van der Waals surface area contributed by atoms with Gasteiger partial charge >= 0.3 is 5.97 Å². The molecule has 1 unspecified atom stereocenters. The highest BCUT2D eigenvalue weighted by Gasteiger charge is 2.22. The van der Waals surface area contributed by atoms with Crippen molar-refractivity contribution >= 4 is 5.97 Å². The van der Waals surface area contributed by atoms with Crippen LogP contribution in [0.5, 0.6) is 5.75 Å². The summed E-state index contributed by atoms with van der Waals surface area (Å²) in [5.74, 6) is 1.08. The van der Waals surface area contributed by atoms with Gasteiger partial charge in [-0.3, -0.25) is 4.79 Å². The van der Waals surface area contributed by atoms with Crippen molar-refractivity contribution in [2.45, 2.75) is 39.0 Å². The first-order valence-corrected chi connectivity index (χ1v) is 5.54. The minimum atomic E-state index is -0.103. The van der Waals surface area contributed by atoms with Crippen molar-refractivity contribution in [1.29, 1.82) is 0 Å². The number of hydrogen-bond donors (Lipinski definition) is 0. The number of rotatable bonds is 1. The quantitative estimate of drug-likeness (QED) is 0.519. The lowest BCUT2D eigenvalue weighted by atomic mass is 9.91. The van der Waals surface area contributed by atoms with Crippen LogP contribution in [-0.2, 0) is 11.2 Å². The van der Waals surface area contributed by atoms with E-state index in [0.717, 1.165) is 18.6 Å². The van der Waals surface area contributed by atoms with Gasteiger partial charge in [-0.05, 0) is 30.4 Å². The summed E-state index contributed by atoms with van der Waals surface area (Å²) in [7, 11) is 0. The monoisotopic (exact) mass is 204 g/mol. The van der Waals surface area contributed by atoms with Crippen LogP contribution in [0.3, 0.4) is 0 Å². The predicted molar refractivity (Wildman–Crippen MR) is 59.1 cm³/mol. The Labute approximate surface area is 90.3 Å². The molecular formula is C13H16O2. The maximum absolute atomic E-state index is 11.4. The van der Waals surface area contributed by atoms with E-state index in [1.165, 1.54) is 11.1 Å². The lowest BCUT2D eigenvalue weighted by molar-refractivity contribution is -0.134. The van der Waals surface area contributed by atoms with Gasteiger partial charge in [0.2, 0.25) is 0 Å². The minimum Gasteiger partial charge on any atom is -0.426 e. The van der Waals surface area contributed by atoms with Gasteiger partial charge in [0, 0.05) is 12.0 Å². The largest absolute Gasteiger partial charge is 0.426 e. The van der Waals surface area contributed by atoms with Gasteiger partial charge in [-0.1, -0.05) is 26.0 Å². The van der Waals surface area contributed by atoms with Crippen LogP contribution in [0.4, 0.5) is 0 Å². The molecule has 0 aliphatic carbocycles. The zero-order chi connectivity index (χ0) is 10.8. The number of carbonyl (C=O) groups is 1. The second-order valence-electron chi connectivity index (χ2n) is 4.10. The summed E-state index contributed by atoms with van der Waals surface area (Å²) < 4.78 is 5.33. The van der Waals surface area contributed by atoms with Crippen LogP contribution < -0.4 is 4.74 Å². The molecule has 2 heteroatoms. The molecule has 0 spiro atoms. The maximum atomic E-state index is 11.4. The highest BCUT2D eigenvalue weighted by molar-refractivity contribution is 5.74. The summed E-state index contributed by atoms with van der Waals surface area (Å²) in [6.07, 6.45) is 2.41. The Morgan fingerprint density at radius 1 is 1.47 bits per heavy atom. The van der Waals surface area contributed by atoms with Crippen LogP contribution in [0.2, 0.25) is 0 Å². The second kappa shape index (κ2) is 4.05. The molecule has 0 saturated heterocycles. The fourth-order valence-corrected chi connectivity index (χ4v) is 2.20. The fraction of sp³-hybridized carbons (Fsp3) is 0.462. The molecule has 0 amide bonds. The van der Waals surface area contributed by atoms with E-state index in [9.17, 15) is 4.79 Å². The molecule has 0 fully saturated rings. The Kier molecular flexibility index (Phi) is 2.76. The zero-order valence-electron chi connectivity index (χ0n) is 9.25. The first kappa shape index (κ1) is 10.2. The van der Waals surface area contributed by atoms with Crippen molar-refractivity contribution < 1.29 is 9.53 Å². The molecule has 2 rings (SSSR count). The van der Waals surface area contributed by atoms with Crippen molar-refractivity contribution in [2.24, 2.45) is 0 Å². The SMILES string of the molecule is CCc1cccc2c1C(C)CCC(=O)O2. The van der Waals surface area contributed by atoms with Gasteiger partial charge in [0.15, 0.2) is 0 Å². The van der Waals surface area contributed by atoms with E-state index >= 15 is 0 Å². The molecule has 1 aliphatic heterocycles. The molecule has 1 aromatic carbocycles. The standard InChI is InChI=1S/C13H16O2/c1-3-10-5-4-6-11-13(10)9(2)7-8-12(14)15-11/h4-6,9H,3,7-8H2,1-2H3.